The lowest BCUT2D eigenvalue weighted by Crippen LogP contribution is -2.39. The van der Waals surface area contributed by atoms with Crippen molar-refractivity contribution < 1.29 is 18.7 Å². The number of halogens is 1. The van der Waals surface area contributed by atoms with Crippen LogP contribution in [0.1, 0.15) is 38.5 Å². The third-order valence-electron chi connectivity index (χ3n) is 6.30. The number of rotatable bonds is 6. The van der Waals surface area contributed by atoms with E-state index in [1.54, 1.807) is 4.90 Å². The van der Waals surface area contributed by atoms with E-state index in [9.17, 15) is 14.0 Å². The van der Waals surface area contributed by atoms with Crippen molar-refractivity contribution >= 4 is 11.7 Å². The Hall–Kier alpha value is -2.16. The topological polar surface area (TPSA) is 96.5 Å². The predicted molar refractivity (Wildman–Crippen MR) is 105 cm³/mol. The zero-order valence-corrected chi connectivity index (χ0v) is 16.6. The van der Waals surface area contributed by atoms with Crippen molar-refractivity contribution in [1.82, 2.24) is 15.3 Å². The first-order valence-electron chi connectivity index (χ1n) is 10.6. The molecule has 0 spiro atoms. The van der Waals surface area contributed by atoms with Gasteiger partial charge in [-0.3, -0.25) is 9.78 Å². The lowest BCUT2D eigenvalue weighted by atomic mass is 9.68. The molecule has 2 atom stereocenters. The van der Waals surface area contributed by atoms with Gasteiger partial charge in [0.2, 0.25) is 5.82 Å². The maximum Gasteiger partial charge on any atom is 0.349 e. The largest absolute Gasteiger partial charge is 0.465 e. The Morgan fingerprint density at radius 3 is 2.69 bits per heavy atom. The summed E-state index contributed by atoms with van der Waals surface area (Å²) in [5.74, 6) is 0.595. The molecule has 2 unspecified atom stereocenters. The quantitative estimate of drug-likeness (QED) is 0.740. The van der Waals surface area contributed by atoms with Gasteiger partial charge >= 0.3 is 5.69 Å². The van der Waals surface area contributed by atoms with Crippen molar-refractivity contribution in [2.75, 3.05) is 44.4 Å². The highest BCUT2D eigenvalue weighted by atomic mass is 19.1. The molecule has 0 radical (unpaired) electrons. The van der Waals surface area contributed by atoms with Gasteiger partial charge in [-0.05, 0) is 37.0 Å². The van der Waals surface area contributed by atoms with E-state index in [4.69, 9.17) is 9.47 Å². The lowest BCUT2D eigenvalue weighted by molar-refractivity contribution is -0.123. The first kappa shape index (κ1) is 20.1. The van der Waals surface area contributed by atoms with Gasteiger partial charge in [0.25, 0.3) is 11.8 Å². The number of hydrogen-bond acceptors (Lipinski definition) is 6. The molecule has 1 saturated heterocycles. The number of aromatic nitrogens is 2. The maximum absolute atomic E-state index is 14.7. The first-order valence-corrected chi connectivity index (χ1v) is 10.6. The van der Waals surface area contributed by atoms with Crippen LogP contribution in [0.25, 0.3) is 0 Å². The molecule has 1 aliphatic heterocycles. The summed E-state index contributed by atoms with van der Waals surface area (Å²) in [7, 11) is 0. The van der Waals surface area contributed by atoms with E-state index < -0.39 is 17.4 Å². The lowest BCUT2D eigenvalue weighted by Gasteiger charge is -2.39. The Morgan fingerprint density at radius 1 is 1.24 bits per heavy atom. The summed E-state index contributed by atoms with van der Waals surface area (Å²) in [6.07, 6.45) is 7.64. The summed E-state index contributed by atoms with van der Waals surface area (Å²) in [5, 5.41) is 2.90. The molecule has 1 amide bonds. The SMILES string of the molecule is O=C(COc1nc(=O)[nH]c(N2CCOCC2)c1F)NCC1CC2CCCC(C2)C1. The van der Waals surface area contributed by atoms with Gasteiger partial charge in [-0.25, -0.2) is 4.79 Å². The molecule has 29 heavy (non-hydrogen) atoms. The molecule has 2 saturated carbocycles. The van der Waals surface area contributed by atoms with Gasteiger partial charge in [0.15, 0.2) is 12.4 Å². The number of fused-ring (bicyclic) bond motifs is 2. The molecule has 2 N–H and O–H groups in total. The smallest absolute Gasteiger partial charge is 0.349 e. The van der Waals surface area contributed by atoms with Crippen LogP contribution in [0.2, 0.25) is 0 Å². The van der Waals surface area contributed by atoms with Crippen molar-refractivity contribution in [2.24, 2.45) is 17.8 Å². The molecule has 2 bridgehead atoms. The number of H-pyrrole nitrogens is 1. The number of nitrogens with one attached hydrogen (secondary N) is 2. The van der Waals surface area contributed by atoms with Crippen LogP contribution in [0.5, 0.6) is 5.88 Å². The summed E-state index contributed by atoms with van der Waals surface area (Å²) in [6.45, 7) is 2.08. The van der Waals surface area contributed by atoms with Crippen molar-refractivity contribution in [1.29, 1.82) is 0 Å². The third kappa shape index (κ3) is 5.07. The summed E-state index contributed by atoms with van der Waals surface area (Å²) in [6, 6.07) is 0. The number of morpholine rings is 1. The molecule has 160 valence electrons. The second kappa shape index (κ2) is 9.11. The second-order valence-electron chi connectivity index (χ2n) is 8.44. The van der Waals surface area contributed by atoms with Crippen LogP contribution < -0.4 is 20.6 Å². The first-order chi connectivity index (χ1) is 14.1. The number of ether oxygens (including phenoxy) is 2. The molecule has 3 fully saturated rings. The molecule has 1 aromatic heterocycles. The number of aromatic amines is 1. The van der Waals surface area contributed by atoms with Crippen molar-refractivity contribution in [3.05, 3.63) is 16.3 Å². The summed E-state index contributed by atoms with van der Waals surface area (Å²) < 4.78 is 25.2. The van der Waals surface area contributed by atoms with Crippen molar-refractivity contribution in [3.8, 4) is 5.88 Å². The highest BCUT2D eigenvalue weighted by molar-refractivity contribution is 5.77. The van der Waals surface area contributed by atoms with Gasteiger partial charge in [-0.2, -0.15) is 9.37 Å². The van der Waals surface area contributed by atoms with Gasteiger partial charge in [0, 0.05) is 19.6 Å². The zero-order valence-electron chi connectivity index (χ0n) is 16.6. The van der Waals surface area contributed by atoms with Crippen molar-refractivity contribution in [2.45, 2.75) is 38.5 Å². The second-order valence-corrected chi connectivity index (χ2v) is 8.44. The zero-order chi connectivity index (χ0) is 20.2. The fraction of sp³-hybridized carbons (Fsp3) is 0.750. The summed E-state index contributed by atoms with van der Waals surface area (Å²) in [5.41, 5.74) is -0.711. The highest BCUT2D eigenvalue weighted by Crippen LogP contribution is 2.42. The fourth-order valence-electron chi connectivity index (χ4n) is 5.01. The molecule has 2 aliphatic carbocycles. The van der Waals surface area contributed by atoms with E-state index in [1.807, 2.05) is 0 Å². The molecule has 3 aliphatic rings. The summed E-state index contributed by atoms with van der Waals surface area (Å²) >= 11 is 0. The van der Waals surface area contributed by atoms with Crippen molar-refractivity contribution in [3.63, 3.8) is 0 Å². The van der Waals surface area contributed by atoms with Crippen LogP contribution in [0.3, 0.4) is 0 Å². The average molecular weight is 408 g/mol. The normalized spacial score (nSPS) is 26.8. The van der Waals surface area contributed by atoms with Crippen LogP contribution in [-0.2, 0) is 9.53 Å². The van der Waals surface area contributed by atoms with Crippen LogP contribution in [0.4, 0.5) is 10.2 Å². The predicted octanol–water partition coefficient (Wildman–Crippen LogP) is 1.46. The Bertz CT molecular complexity index is 768. The molecule has 9 heteroatoms. The minimum atomic E-state index is -0.764. The van der Waals surface area contributed by atoms with Crippen LogP contribution in [0.15, 0.2) is 4.79 Å². The maximum atomic E-state index is 14.7. The van der Waals surface area contributed by atoms with Gasteiger partial charge < -0.3 is 19.7 Å². The molecule has 1 aromatic rings. The summed E-state index contributed by atoms with van der Waals surface area (Å²) in [4.78, 5) is 31.6. The van der Waals surface area contributed by atoms with Gasteiger partial charge in [0.1, 0.15) is 0 Å². The van der Waals surface area contributed by atoms with Gasteiger partial charge in [-0.15, -0.1) is 0 Å². The minimum Gasteiger partial charge on any atom is -0.465 e. The van der Waals surface area contributed by atoms with E-state index in [0.717, 1.165) is 11.8 Å². The van der Waals surface area contributed by atoms with Crippen LogP contribution in [-0.4, -0.2) is 55.3 Å². The van der Waals surface area contributed by atoms with E-state index in [1.165, 1.54) is 38.5 Å². The van der Waals surface area contributed by atoms with E-state index in [-0.39, 0.29) is 18.3 Å². The Kier molecular flexibility index (Phi) is 6.32. The van der Waals surface area contributed by atoms with Crippen LogP contribution in [0, 0.1) is 23.6 Å². The fourth-order valence-corrected chi connectivity index (χ4v) is 5.01. The molecule has 2 heterocycles. The number of nitrogens with zero attached hydrogens (tertiary/aromatic N) is 2. The minimum absolute atomic E-state index is 0.0254. The Labute approximate surface area is 169 Å². The Morgan fingerprint density at radius 2 is 1.97 bits per heavy atom. The number of carbonyl (C=O) groups is 1. The number of anilines is 1. The molecular weight excluding hydrogens is 379 g/mol. The van der Waals surface area contributed by atoms with E-state index in [0.29, 0.717) is 38.8 Å². The van der Waals surface area contributed by atoms with E-state index >= 15 is 0 Å². The molecule has 4 rings (SSSR count). The standard InChI is InChI=1S/C20H29FN4O4/c21-17-18(25-4-6-28-7-5-25)23-20(27)24-19(17)29-12-16(26)22-11-15-9-13-2-1-3-14(8-13)10-15/h13-15H,1-12H2,(H,22,26)(H,23,24,27). The molecular formula is C20H29FN4O4. The highest BCUT2D eigenvalue weighted by Gasteiger charge is 2.31. The Balaban J connectivity index is 1.30. The average Bonchev–Trinajstić information content (AvgIpc) is 2.73. The number of hydrogen-bond donors (Lipinski definition) is 2. The number of amides is 1. The van der Waals surface area contributed by atoms with Gasteiger partial charge in [-0.1, -0.05) is 19.3 Å². The van der Waals surface area contributed by atoms with Gasteiger partial charge in [0.05, 0.1) is 13.2 Å². The molecule has 0 aromatic carbocycles. The molecule has 8 nitrogen and oxygen atoms in total. The third-order valence-corrected chi connectivity index (χ3v) is 6.30. The van der Waals surface area contributed by atoms with E-state index in [2.05, 4.69) is 15.3 Å². The number of carbonyl (C=O) groups excluding carboxylic acids is 1. The van der Waals surface area contributed by atoms with Crippen LogP contribution >= 0.6 is 0 Å². The monoisotopic (exact) mass is 408 g/mol.